The van der Waals surface area contributed by atoms with Gasteiger partial charge in [-0.05, 0) is 43.7 Å². The maximum Gasteiger partial charge on any atom is 0.320 e. The van der Waals surface area contributed by atoms with Gasteiger partial charge in [-0.2, -0.15) is 0 Å². The van der Waals surface area contributed by atoms with Crippen LogP contribution in [0.2, 0.25) is 0 Å². The molecule has 6 heteroatoms. The summed E-state index contributed by atoms with van der Waals surface area (Å²) in [5.74, 6) is 0.231. The number of nitrogens with one attached hydrogen (secondary N) is 1. The molecule has 2 aromatic carbocycles. The first-order valence-corrected chi connectivity index (χ1v) is 8.21. The first-order chi connectivity index (χ1) is 12.1. The Morgan fingerprint density at radius 1 is 1.12 bits per heavy atom. The number of ether oxygens (including phenoxy) is 1. The SMILES string of the molecule is O=C(CN1CCCC1C(=O)O)Nc1cccc(Oc2ccccc2)c1. The second-order valence-electron chi connectivity index (χ2n) is 5.96. The third-order valence-electron chi connectivity index (χ3n) is 4.09. The van der Waals surface area contributed by atoms with Crippen molar-refractivity contribution in [2.75, 3.05) is 18.4 Å². The zero-order valence-electron chi connectivity index (χ0n) is 13.7. The van der Waals surface area contributed by atoms with Crippen molar-refractivity contribution in [3.05, 3.63) is 54.6 Å². The summed E-state index contributed by atoms with van der Waals surface area (Å²) in [7, 11) is 0. The highest BCUT2D eigenvalue weighted by Crippen LogP contribution is 2.24. The van der Waals surface area contributed by atoms with Gasteiger partial charge in [0.2, 0.25) is 5.91 Å². The molecule has 1 saturated heterocycles. The Bertz CT molecular complexity index is 748. The van der Waals surface area contributed by atoms with Gasteiger partial charge in [-0.15, -0.1) is 0 Å². The topological polar surface area (TPSA) is 78.9 Å². The molecule has 3 rings (SSSR count). The zero-order valence-corrected chi connectivity index (χ0v) is 13.7. The van der Waals surface area contributed by atoms with Gasteiger partial charge in [-0.1, -0.05) is 24.3 Å². The summed E-state index contributed by atoms with van der Waals surface area (Å²) in [6, 6.07) is 15.9. The predicted molar refractivity (Wildman–Crippen MR) is 93.8 cm³/mol. The molecule has 0 radical (unpaired) electrons. The highest BCUT2D eigenvalue weighted by molar-refractivity contribution is 5.92. The van der Waals surface area contributed by atoms with E-state index >= 15 is 0 Å². The normalized spacial score (nSPS) is 17.2. The Morgan fingerprint density at radius 3 is 2.64 bits per heavy atom. The second-order valence-corrected chi connectivity index (χ2v) is 5.96. The average Bonchev–Trinajstić information content (AvgIpc) is 3.04. The lowest BCUT2D eigenvalue weighted by Crippen LogP contribution is -2.40. The van der Waals surface area contributed by atoms with E-state index in [4.69, 9.17) is 4.74 Å². The summed E-state index contributed by atoms with van der Waals surface area (Å²) in [6.07, 6.45) is 1.38. The average molecular weight is 340 g/mol. The zero-order chi connectivity index (χ0) is 17.6. The molecule has 2 aromatic rings. The Balaban J connectivity index is 1.60. The predicted octanol–water partition coefficient (Wildman–Crippen LogP) is 2.97. The minimum Gasteiger partial charge on any atom is -0.480 e. The molecule has 2 N–H and O–H groups in total. The summed E-state index contributed by atoms with van der Waals surface area (Å²) in [5.41, 5.74) is 0.615. The van der Waals surface area contributed by atoms with Gasteiger partial charge >= 0.3 is 5.97 Å². The number of benzene rings is 2. The van der Waals surface area contributed by atoms with Crippen LogP contribution < -0.4 is 10.1 Å². The number of nitrogens with zero attached hydrogens (tertiary/aromatic N) is 1. The van der Waals surface area contributed by atoms with Gasteiger partial charge < -0.3 is 15.2 Å². The molecule has 1 unspecified atom stereocenters. The van der Waals surface area contributed by atoms with E-state index in [2.05, 4.69) is 5.32 Å². The van der Waals surface area contributed by atoms with Crippen LogP contribution in [0.1, 0.15) is 12.8 Å². The van der Waals surface area contributed by atoms with Crippen LogP contribution in [0.25, 0.3) is 0 Å². The molecular weight excluding hydrogens is 320 g/mol. The van der Waals surface area contributed by atoms with Gasteiger partial charge in [-0.3, -0.25) is 14.5 Å². The number of likely N-dealkylation sites (tertiary alicyclic amines) is 1. The highest BCUT2D eigenvalue weighted by atomic mass is 16.5. The third kappa shape index (κ3) is 4.58. The van der Waals surface area contributed by atoms with Gasteiger partial charge in [0.15, 0.2) is 0 Å². The fraction of sp³-hybridized carbons (Fsp3) is 0.263. The number of rotatable bonds is 6. The van der Waals surface area contributed by atoms with Crippen LogP contribution in [0.3, 0.4) is 0 Å². The van der Waals surface area contributed by atoms with Crippen molar-refractivity contribution in [1.82, 2.24) is 4.90 Å². The van der Waals surface area contributed by atoms with Crippen molar-refractivity contribution < 1.29 is 19.4 Å². The minimum absolute atomic E-state index is 0.0702. The number of hydrogen-bond donors (Lipinski definition) is 2. The molecule has 6 nitrogen and oxygen atoms in total. The van der Waals surface area contributed by atoms with Gasteiger partial charge in [0, 0.05) is 11.8 Å². The quantitative estimate of drug-likeness (QED) is 0.845. The van der Waals surface area contributed by atoms with Crippen molar-refractivity contribution in [2.45, 2.75) is 18.9 Å². The van der Waals surface area contributed by atoms with E-state index in [1.807, 2.05) is 36.4 Å². The molecule has 25 heavy (non-hydrogen) atoms. The van der Waals surface area contributed by atoms with Crippen molar-refractivity contribution >= 4 is 17.6 Å². The second kappa shape index (κ2) is 7.81. The van der Waals surface area contributed by atoms with Crippen LogP contribution in [-0.2, 0) is 9.59 Å². The number of aliphatic carboxylic acids is 1. The van der Waals surface area contributed by atoms with Crippen molar-refractivity contribution in [2.24, 2.45) is 0 Å². The Kier molecular flexibility index (Phi) is 5.30. The van der Waals surface area contributed by atoms with Crippen LogP contribution in [0.15, 0.2) is 54.6 Å². The fourth-order valence-corrected chi connectivity index (χ4v) is 2.94. The minimum atomic E-state index is -0.872. The summed E-state index contributed by atoms with van der Waals surface area (Å²) in [5, 5.41) is 12.0. The van der Waals surface area contributed by atoms with Gasteiger partial charge in [0.05, 0.1) is 6.54 Å². The Hall–Kier alpha value is -2.86. The summed E-state index contributed by atoms with van der Waals surface area (Å²) in [6.45, 7) is 0.697. The lowest BCUT2D eigenvalue weighted by Gasteiger charge is -2.20. The van der Waals surface area contributed by atoms with Gasteiger partial charge in [0.25, 0.3) is 0 Å². The molecule has 1 amide bonds. The molecule has 1 aliphatic rings. The largest absolute Gasteiger partial charge is 0.480 e. The standard InChI is InChI=1S/C19H20N2O4/c22-18(13-21-11-5-10-17(21)19(23)24)20-14-6-4-9-16(12-14)25-15-7-2-1-3-8-15/h1-4,6-9,12,17H,5,10-11,13H2,(H,20,22)(H,23,24). The monoisotopic (exact) mass is 340 g/mol. The smallest absolute Gasteiger partial charge is 0.320 e. The number of hydrogen-bond acceptors (Lipinski definition) is 4. The Labute approximate surface area is 146 Å². The van der Waals surface area contributed by atoms with E-state index in [0.717, 1.165) is 6.42 Å². The molecular formula is C19H20N2O4. The lowest BCUT2D eigenvalue weighted by atomic mass is 10.2. The third-order valence-corrected chi connectivity index (χ3v) is 4.09. The van der Waals surface area contributed by atoms with Crippen molar-refractivity contribution in [3.8, 4) is 11.5 Å². The molecule has 0 aromatic heterocycles. The molecule has 0 bridgehead atoms. The van der Waals surface area contributed by atoms with Gasteiger partial charge in [0.1, 0.15) is 17.5 Å². The van der Waals surface area contributed by atoms with Crippen molar-refractivity contribution in [1.29, 1.82) is 0 Å². The fourth-order valence-electron chi connectivity index (χ4n) is 2.94. The maximum atomic E-state index is 12.2. The molecule has 1 fully saturated rings. The first-order valence-electron chi connectivity index (χ1n) is 8.21. The van der Waals surface area contributed by atoms with E-state index in [9.17, 15) is 14.7 Å². The van der Waals surface area contributed by atoms with Crippen LogP contribution in [0.4, 0.5) is 5.69 Å². The van der Waals surface area contributed by atoms with Crippen LogP contribution in [-0.4, -0.2) is 41.0 Å². The molecule has 130 valence electrons. The lowest BCUT2D eigenvalue weighted by molar-refractivity contribution is -0.142. The molecule has 0 saturated carbocycles. The van der Waals surface area contributed by atoms with E-state index < -0.39 is 12.0 Å². The number of carboxylic acid groups (broad SMARTS) is 1. The van der Waals surface area contributed by atoms with E-state index in [1.54, 1.807) is 23.1 Å². The molecule has 1 aliphatic heterocycles. The number of amides is 1. The number of carboxylic acids is 1. The van der Waals surface area contributed by atoms with Crippen LogP contribution >= 0.6 is 0 Å². The molecule has 0 spiro atoms. The number of anilines is 1. The maximum absolute atomic E-state index is 12.2. The number of para-hydroxylation sites is 1. The van der Waals surface area contributed by atoms with Gasteiger partial charge in [-0.25, -0.2) is 0 Å². The summed E-state index contributed by atoms with van der Waals surface area (Å²) < 4.78 is 5.74. The molecule has 0 aliphatic carbocycles. The van der Waals surface area contributed by atoms with E-state index in [-0.39, 0.29) is 12.5 Å². The number of carbonyl (C=O) groups excluding carboxylic acids is 1. The van der Waals surface area contributed by atoms with Crippen molar-refractivity contribution in [3.63, 3.8) is 0 Å². The van der Waals surface area contributed by atoms with E-state index in [1.165, 1.54) is 0 Å². The van der Waals surface area contributed by atoms with E-state index in [0.29, 0.717) is 30.2 Å². The first kappa shape index (κ1) is 17.0. The molecule has 1 atom stereocenters. The summed E-state index contributed by atoms with van der Waals surface area (Å²) >= 11 is 0. The van der Waals surface area contributed by atoms with Crippen LogP contribution in [0, 0.1) is 0 Å². The van der Waals surface area contributed by atoms with Crippen LogP contribution in [0.5, 0.6) is 11.5 Å². The molecule has 1 heterocycles. The highest BCUT2D eigenvalue weighted by Gasteiger charge is 2.31. The Morgan fingerprint density at radius 2 is 1.88 bits per heavy atom. The summed E-state index contributed by atoms with van der Waals surface area (Å²) in [4.78, 5) is 25.1. The number of carbonyl (C=O) groups is 2.